The van der Waals surface area contributed by atoms with Gasteiger partial charge in [0.25, 0.3) is 0 Å². The summed E-state index contributed by atoms with van der Waals surface area (Å²) >= 11 is 1.03. The number of fused-ring (bicyclic) bond motifs is 1. The van der Waals surface area contributed by atoms with Crippen LogP contribution in [0.3, 0.4) is 0 Å². The standard InChI is InChI=1S/C18H13N5O2S/c24-23(25)15-10-13-16(20-11-12-6-2-1-3-7-12)21-17(22-18(13)26-15)14-8-4-5-9-19-14/h1-10H,11H2,(H,20,21,22). The summed E-state index contributed by atoms with van der Waals surface area (Å²) in [5.41, 5.74) is 1.71. The molecule has 1 N–H and O–H groups in total. The number of pyridine rings is 1. The lowest BCUT2D eigenvalue weighted by molar-refractivity contribution is -0.380. The molecule has 0 radical (unpaired) electrons. The number of nitro groups is 1. The topological polar surface area (TPSA) is 93.8 Å². The van der Waals surface area contributed by atoms with Gasteiger partial charge in [0, 0.05) is 18.8 Å². The molecule has 0 amide bonds. The van der Waals surface area contributed by atoms with Crippen LogP contribution in [0.15, 0.2) is 60.8 Å². The maximum Gasteiger partial charge on any atom is 0.326 e. The number of hydrogen-bond donors (Lipinski definition) is 1. The molecule has 4 aromatic rings. The molecule has 0 unspecified atom stereocenters. The molecular formula is C18H13N5O2S. The van der Waals surface area contributed by atoms with Crippen molar-refractivity contribution in [3.8, 4) is 11.5 Å². The van der Waals surface area contributed by atoms with Crippen LogP contribution in [-0.4, -0.2) is 19.9 Å². The summed E-state index contributed by atoms with van der Waals surface area (Å²) in [6, 6.07) is 16.9. The van der Waals surface area contributed by atoms with Gasteiger partial charge in [0.1, 0.15) is 16.3 Å². The van der Waals surface area contributed by atoms with Gasteiger partial charge in [0.2, 0.25) is 0 Å². The molecule has 0 aliphatic rings. The molecule has 0 fully saturated rings. The molecule has 8 heteroatoms. The van der Waals surface area contributed by atoms with Gasteiger partial charge in [-0.3, -0.25) is 15.1 Å². The first kappa shape index (κ1) is 16.1. The summed E-state index contributed by atoms with van der Waals surface area (Å²) in [4.78, 5) is 24.6. The van der Waals surface area contributed by atoms with Gasteiger partial charge in [0.05, 0.1) is 10.3 Å². The van der Waals surface area contributed by atoms with Crippen LogP contribution in [0, 0.1) is 10.1 Å². The van der Waals surface area contributed by atoms with Crippen molar-refractivity contribution in [2.75, 3.05) is 5.32 Å². The van der Waals surface area contributed by atoms with Crippen LogP contribution in [0.2, 0.25) is 0 Å². The van der Waals surface area contributed by atoms with Crippen LogP contribution >= 0.6 is 11.3 Å². The Morgan fingerprint density at radius 2 is 1.88 bits per heavy atom. The van der Waals surface area contributed by atoms with Crippen molar-refractivity contribution in [2.45, 2.75) is 6.54 Å². The maximum absolute atomic E-state index is 11.2. The molecular weight excluding hydrogens is 350 g/mol. The number of thiophene rings is 1. The van der Waals surface area contributed by atoms with E-state index in [4.69, 9.17) is 0 Å². The number of nitrogens with zero attached hydrogens (tertiary/aromatic N) is 4. The monoisotopic (exact) mass is 363 g/mol. The van der Waals surface area contributed by atoms with Gasteiger partial charge < -0.3 is 5.32 Å². The van der Waals surface area contributed by atoms with E-state index in [1.165, 1.54) is 6.07 Å². The zero-order valence-corrected chi connectivity index (χ0v) is 14.3. The average Bonchev–Trinajstić information content (AvgIpc) is 3.12. The molecule has 26 heavy (non-hydrogen) atoms. The van der Waals surface area contributed by atoms with E-state index in [1.807, 2.05) is 48.5 Å². The highest BCUT2D eigenvalue weighted by atomic mass is 32.1. The summed E-state index contributed by atoms with van der Waals surface area (Å²) in [6.07, 6.45) is 1.66. The number of anilines is 1. The lowest BCUT2D eigenvalue weighted by atomic mass is 10.2. The predicted octanol–water partition coefficient (Wildman–Crippen LogP) is 4.27. The fourth-order valence-corrected chi connectivity index (χ4v) is 3.37. The van der Waals surface area contributed by atoms with E-state index in [0.29, 0.717) is 34.1 Å². The molecule has 0 saturated carbocycles. The van der Waals surface area contributed by atoms with Gasteiger partial charge in [0.15, 0.2) is 5.82 Å². The normalized spacial score (nSPS) is 10.8. The quantitative estimate of drug-likeness (QED) is 0.420. The van der Waals surface area contributed by atoms with Gasteiger partial charge in [-0.25, -0.2) is 9.97 Å². The highest BCUT2D eigenvalue weighted by molar-refractivity contribution is 7.21. The third-order valence-electron chi connectivity index (χ3n) is 3.76. The maximum atomic E-state index is 11.2. The molecule has 0 aliphatic carbocycles. The van der Waals surface area contributed by atoms with Crippen molar-refractivity contribution >= 4 is 32.4 Å². The second-order valence-corrected chi connectivity index (χ2v) is 6.52. The summed E-state index contributed by atoms with van der Waals surface area (Å²) in [6.45, 7) is 0.554. The largest absolute Gasteiger partial charge is 0.365 e. The Bertz CT molecular complexity index is 1070. The lowest BCUT2D eigenvalue weighted by Gasteiger charge is -2.08. The molecule has 0 spiro atoms. The van der Waals surface area contributed by atoms with Crippen LogP contribution in [0.25, 0.3) is 21.7 Å². The second kappa shape index (κ2) is 6.85. The number of hydrogen-bond acceptors (Lipinski definition) is 7. The fourth-order valence-electron chi connectivity index (χ4n) is 2.52. The predicted molar refractivity (Wildman–Crippen MR) is 101 cm³/mol. The first-order chi connectivity index (χ1) is 12.7. The minimum atomic E-state index is -0.409. The molecule has 4 rings (SSSR count). The van der Waals surface area contributed by atoms with Crippen LogP contribution in [0.1, 0.15) is 5.56 Å². The van der Waals surface area contributed by atoms with E-state index in [-0.39, 0.29) is 5.00 Å². The van der Waals surface area contributed by atoms with Gasteiger partial charge in [-0.05, 0) is 29.0 Å². The summed E-state index contributed by atoms with van der Waals surface area (Å²) in [5, 5.41) is 15.1. The zero-order chi connectivity index (χ0) is 17.9. The minimum Gasteiger partial charge on any atom is -0.365 e. The third kappa shape index (κ3) is 3.22. The average molecular weight is 363 g/mol. The summed E-state index contributed by atoms with van der Waals surface area (Å²) in [5.74, 6) is 0.995. The van der Waals surface area contributed by atoms with Crippen molar-refractivity contribution in [1.29, 1.82) is 0 Å². The molecule has 3 aromatic heterocycles. The number of rotatable bonds is 5. The fraction of sp³-hybridized carbons (Fsp3) is 0.0556. The molecule has 0 saturated heterocycles. The SMILES string of the molecule is O=[N+]([O-])c1cc2c(NCc3ccccc3)nc(-c3ccccn3)nc2s1. The Morgan fingerprint density at radius 3 is 2.62 bits per heavy atom. The van der Waals surface area contributed by atoms with Crippen molar-refractivity contribution in [3.63, 3.8) is 0 Å². The Balaban J connectivity index is 1.78. The van der Waals surface area contributed by atoms with E-state index in [0.717, 1.165) is 16.9 Å². The minimum absolute atomic E-state index is 0.0373. The van der Waals surface area contributed by atoms with Crippen LogP contribution in [0.4, 0.5) is 10.8 Å². The first-order valence-electron chi connectivity index (χ1n) is 7.86. The highest BCUT2D eigenvalue weighted by Gasteiger charge is 2.18. The summed E-state index contributed by atoms with van der Waals surface area (Å²) in [7, 11) is 0. The van der Waals surface area contributed by atoms with Crippen molar-refractivity contribution in [3.05, 3.63) is 76.5 Å². The van der Waals surface area contributed by atoms with Crippen LogP contribution in [-0.2, 0) is 6.54 Å². The lowest BCUT2D eigenvalue weighted by Crippen LogP contribution is -2.03. The van der Waals surface area contributed by atoms with Gasteiger partial charge in [-0.1, -0.05) is 36.4 Å². The zero-order valence-electron chi connectivity index (χ0n) is 13.5. The van der Waals surface area contributed by atoms with Crippen molar-refractivity contribution in [1.82, 2.24) is 15.0 Å². The van der Waals surface area contributed by atoms with Crippen molar-refractivity contribution in [2.24, 2.45) is 0 Å². The van der Waals surface area contributed by atoms with E-state index < -0.39 is 4.92 Å². The summed E-state index contributed by atoms with van der Waals surface area (Å²) < 4.78 is 0. The van der Waals surface area contributed by atoms with Crippen LogP contribution in [0.5, 0.6) is 0 Å². The molecule has 0 bridgehead atoms. The van der Waals surface area contributed by atoms with E-state index in [1.54, 1.807) is 6.20 Å². The van der Waals surface area contributed by atoms with Gasteiger partial charge in [-0.15, -0.1) is 0 Å². The van der Waals surface area contributed by atoms with E-state index in [9.17, 15) is 10.1 Å². The second-order valence-electron chi connectivity index (χ2n) is 5.51. The Morgan fingerprint density at radius 1 is 1.08 bits per heavy atom. The molecule has 1 aromatic carbocycles. The number of aromatic nitrogens is 3. The third-order valence-corrected chi connectivity index (χ3v) is 4.74. The highest BCUT2D eigenvalue weighted by Crippen LogP contribution is 2.35. The van der Waals surface area contributed by atoms with Gasteiger partial charge >= 0.3 is 5.00 Å². The Labute approximate surface area is 152 Å². The molecule has 7 nitrogen and oxygen atoms in total. The van der Waals surface area contributed by atoms with Crippen molar-refractivity contribution < 1.29 is 4.92 Å². The molecule has 3 heterocycles. The molecule has 0 aliphatic heterocycles. The number of nitrogens with one attached hydrogen (secondary N) is 1. The Kier molecular flexibility index (Phi) is 4.24. The Hall–Kier alpha value is -3.39. The smallest absolute Gasteiger partial charge is 0.326 e. The molecule has 128 valence electrons. The number of benzene rings is 1. The van der Waals surface area contributed by atoms with Gasteiger partial charge in [-0.2, -0.15) is 0 Å². The molecule has 0 atom stereocenters. The van der Waals surface area contributed by atoms with E-state index >= 15 is 0 Å². The van der Waals surface area contributed by atoms with Crippen LogP contribution < -0.4 is 5.32 Å². The van der Waals surface area contributed by atoms with E-state index in [2.05, 4.69) is 20.3 Å². The first-order valence-corrected chi connectivity index (χ1v) is 8.67.